The second-order valence-electron chi connectivity index (χ2n) is 3.60. The van der Waals surface area contributed by atoms with E-state index in [4.69, 9.17) is 9.84 Å². The van der Waals surface area contributed by atoms with Gasteiger partial charge in [0.2, 0.25) is 0 Å². The highest BCUT2D eigenvalue weighted by molar-refractivity contribution is 7.13. The molecule has 0 unspecified atom stereocenters. The summed E-state index contributed by atoms with van der Waals surface area (Å²) >= 11 is 1.68. The van der Waals surface area contributed by atoms with E-state index in [1.807, 2.05) is 11.6 Å². The summed E-state index contributed by atoms with van der Waals surface area (Å²) < 4.78 is 5.50. The zero-order valence-corrected chi connectivity index (χ0v) is 9.45. The van der Waals surface area contributed by atoms with Crippen LogP contribution in [0.2, 0.25) is 0 Å². The van der Waals surface area contributed by atoms with Gasteiger partial charge in [-0.2, -0.15) is 0 Å². The molecular formula is C10H16N2O2S. The normalized spacial score (nSPS) is 18.3. The van der Waals surface area contributed by atoms with Crippen LogP contribution in [0.5, 0.6) is 0 Å². The smallest absolute Gasteiger partial charge is 0.185 e. The van der Waals surface area contributed by atoms with Crippen molar-refractivity contribution in [2.24, 2.45) is 0 Å². The van der Waals surface area contributed by atoms with Gasteiger partial charge in [0.25, 0.3) is 0 Å². The fourth-order valence-corrected chi connectivity index (χ4v) is 2.50. The largest absolute Gasteiger partial charge is 0.394 e. The van der Waals surface area contributed by atoms with Crippen LogP contribution in [0, 0.1) is 0 Å². The lowest BCUT2D eigenvalue weighted by atomic mass is 10.1. The molecule has 2 heterocycles. The highest BCUT2D eigenvalue weighted by Gasteiger charge is 2.20. The molecule has 1 aromatic rings. The monoisotopic (exact) mass is 228 g/mol. The Labute approximate surface area is 93.5 Å². The number of aromatic nitrogens is 1. The van der Waals surface area contributed by atoms with Crippen LogP contribution in [0.1, 0.15) is 12.8 Å². The van der Waals surface area contributed by atoms with Crippen LogP contribution in [0.15, 0.2) is 11.6 Å². The molecule has 1 N–H and O–H groups in total. The summed E-state index contributed by atoms with van der Waals surface area (Å²) in [6.07, 6.45) is 4.21. The number of anilines is 1. The molecule has 1 fully saturated rings. The first-order valence-electron chi connectivity index (χ1n) is 5.27. The van der Waals surface area contributed by atoms with E-state index in [-0.39, 0.29) is 6.61 Å². The number of rotatable bonds is 4. The third-order valence-electron chi connectivity index (χ3n) is 2.58. The zero-order valence-electron chi connectivity index (χ0n) is 8.63. The van der Waals surface area contributed by atoms with Crippen molar-refractivity contribution in [3.63, 3.8) is 0 Å². The number of hydrogen-bond donors (Lipinski definition) is 1. The summed E-state index contributed by atoms with van der Waals surface area (Å²) in [7, 11) is 0. The predicted octanol–water partition coefficient (Wildman–Crippen LogP) is 1.12. The summed E-state index contributed by atoms with van der Waals surface area (Å²) in [4.78, 5) is 6.59. The Bertz CT molecular complexity index is 271. The number of thiazole rings is 1. The average Bonchev–Trinajstić information content (AvgIpc) is 2.80. The third kappa shape index (κ3) is 2.90. The maximum absolute atomic E-state index is 8.66. The molecule has 4 nitrogen and oxygen atoms in total. The van der Waals surface area contributed by atoms with Crippen molar-refractivity contribution in [2.75, 3.05) is 31.2 Å². The first kappa shape index (κ1) is 10.9. The molecule has 0 radical (unpaired) electrons. The van der Waals surface area contributed by atoms with Crippen LogP contribution in [0.25, 0.3) is 0 Å². The van der Waals surface area contributed by atoms with Crippen molar-refractivity contribution in [3.05, 3.63) is 11.6 Å². The van der Waals surface area contributed by atoms with Gasteiger partial charge in [-0.15, -0.1) is 11.3 Å². The number of nitrogens with zero attached hydrogens (tertiary/aromatic N) is 2. The van der Waals surface area contributed by atoms with E-state index in [9.17, 15) is 0 Å². The molecule has 0 amide bonds. The van der Waals surface area contributed by atoms with Crippen molar-refractivity contribution in [1.29, 1.82) is 0 Å². The SMILES string of the molecule is OCCOC1CCN(c2nccs2)CC1. The fourth-order valence-electron chi connectivity index (χ4n) is 1.81. The molecule has 0 atom stereocenters. The predicted molar refractivity (Wildman–Crippen MR) is 60.4 cm³/mol. The van der Waals surface area contributed by atoms with E-state index in [0.717, 1.165) is 31.1 Å². The van der Waals surface area contributed by atoms with E-state index >= 15 is 0 Å². The van der Waals surface area contributed by atoms with Gasteiger partial charge < -0.3 is 14.7 Å². The van der Waals surface area contributed by atoms with Gasteiger partial charge in [-0.25, -0.2) is 4.98 Å². The van der Waals surface area contributed by atoms with E-state index in [2.05, 4.69) is 9.88 Å². The summed E-state index contributed by atoms with van der Waals surface area (Å²) in [6, 6.07) is 0. The molecule has 1 aliphatic rings. The highest BCUT2D eigenvalue weighted by atomic mass is 32.1. The zero-order chi connectivity index (χ0) is 10.5. The first-order valence-corrected chi connectivity index (χ1v) is 6.15. The summed E-state index contributed by atoms with van der Waals surface area (Å²) in [6.45, 7) is 2.59. The van der Waals surface area contributed by atoms with Crippen LogP contribution in [0.3, 0.4) is 0 Å². The highest BCUT2D eigenvalue weighted by Crippen LogP contribution is 2.22. The molecular weight excluding hydrogens is 212 g/mol. The molecule has 1 saturated heterocycles. The van der Waals surface area contributed by atoms with Crippen molar-refractivity contribution < 1.29 is 9.84 Å². The van der Waals surface area contributed by atoms with Crippen molar-refractivity contribution >= 4 is 16.5 Å². The number of piperidine rings is 1. The molecule has 84 valence electrons. The van der Waals surface area contributed by atoms with Gasteiger partial charge in [-0.1, -0.05) is 0 Å². The maximum atomic E-state index is 8.66. The molecule has 2 rings (SSSR count). The summed E-state index contributed by atoms with van der Waals surface area (Å²) in [5.41, 5.74) is 0. The second-order valence-corrected chi connectivity index (χ2v) is 4.47. The minimum atomic E-state index is 0.118. The summed E-state index contributed by atoms with van der Waals surface area (Å²) in [5, 5.41) is 11.8. The third-order valence-corrected chi connectivity index (χ3v) is 3.41. The Kier molecular flexibility index (Phi) is 3.94. The van der Waals surface area contributed by atoms with E-state index in [0.29, 0.717) is 12.7 Å². The van der Waals surface area contributed by atoms with Gasteiger partial charge in [0.15, 0.2) is 5.13 Å². The van der Waals surface area contributed by atoms with Gasteiger partial charge in [-0.05, 0) is 12.8 Å². The Morgan fingerprint density at radius 1 is 1.53 bits per heavy atom. The minimum absolute atomic E-state index is 0.118. The fraction of sp³-hybridized carbons (Fsp3) is 0.700. The minimum Gasteiger partial charge on any atom is -0.394 e. The topological polar surface area (TPSA) is 45.6 Å². The number of aliphatic hydroxyl groups excluding tert-OH is 1. The number of hydrogen-bond acceptors (Lipinski definition) is 5. The second kappa shape index (κ2) is 5.44. The number of ether oxygens (including phenoxy) is 1. The van der Waals surface area contributed by atoms with Crippen molar-refractivity contribution in [1.82, 2.24) is 4.98 Å². The Balaban J connectivity index is 1.77. The van der Waals surface area contributed by atoms with Gasteiger partial charge in [-0.3, -0.25) is 0 Å². The van der Waals surface area contributed by atoms with Crippen LogP contribution in [0.4, 0.5) is 5.13 Å². The molecule has 1 aliphatic heterocycles. The van der Waals surface area contributed by atoms with Crippen LogP contribution in [-0.2, 0) is 4.74 Å². The lowest BCUT2D eigenvalue weighted by Gasteiger charge is -2.31. The Hall–Kier alpha value is -0.650. The molecule has 0 aromatic carbocycles. The standard InChI is InChI=1S/C10H16N2O2S/c13-6-7-14-9-1-4-12(5-2-9)10-11-3-8-15-10/h3,8-9,13H,1-2,4-7H2. The molecule has 0 bridgehead atoms. The average molecular weight is 228 g/mol. The molecule has 0 aliphatic carbocycles. The van der Waals surface area contributed by atoms with E-state index in [1.54, 1.807) is 11.3 Å². The van der Waals surface area contributed by atoms with Crippen molar-refractivity contribution in [3.8, 4) is 0 Å². The van der Waals surface area contributed by atoms with Crippen LogP contribution in [-0.4, -0.2) is 42.5 Å². The van der Waals surface area contributed by atoms with Gasteiger partial charge in [0.1, 0.15) is 0 Å². The quantitative estimate of drug-likeness (QED) is 0.839. The number of aliphatic hydroxyl groups is 1. The molecule has 15 heavy (non-hydrogen) atoms. The van der Waals surface area contributed by atoms with Gasteiger partial charge >= 0.3 is 0 Å². The van der Waals surface area contributed by atoms with E-state index in [1.165, 1.54) is 0 Å². The van der Waals surface area contributed by atoms with Gasteiger partial charge in [0, 0.05) is 24.7 Å². The molecule has 0 spiro atoms. The van der Waals surface area contributed by atoms with Crippen LogP contribution < -0.4 is 4.90 Å². The van der Waals surface area contributed by atoms with Crippen LogP contribution >= 0.6 is 11.3 Å². The summed E-state index contributed by atoms with van der Waals surface area (Å²) in [5.74, 6) is 0. The Morgan fingerprint density at radius 3 is 2.93 bits per heavy atom. The van der Waals surface area contributed by atoms with Gasteiger partial charge in [0.05, 0.1) is 19.3 Å². The molecule has 1 aromatic heterocycles. The van der Waals surface area contributed by atoms with Crippen molar-refractivity contribution in [2.45, 2.75) is 18.9 Å². The Morgan fingerprint density at radius 2 is 2.33 bits per heavy atom. The molecule has 5 heteroatoms. The first-order chi connectivity index (χ1) is 7.40. The molecule has 0 saturated carbocycles. The maximum Gasteiger partial charge on any atom is 0.185 e. The van der Waals surface area contributed by atoms with E-state index < -0.39 is 0 Å². The lowest BCUT2D eigenvalue weighted by Crippen LogP contribution is -2.37. The lowest BCUT2D eigenvalue weighted by molar-refractivity contribution is 0.0159.